The maximum atomic E-state index is 13.8. The number of hydrogen-bond donors (Lipinski definition) is 0. The number of likely N-dealkylation sites (tertiary alicyclic amines) is 1. The second kappa shape index (κ2) is 11.5. The Hall–Kier alpha value is -2.78. The highest BCUT2D eigenvalue weighted by Crippen LogP contribution is 2.39. The van der Waals surface area contributed by atoms with Crippen LogP contribution in [0.3, 0.4) is 0 Å². The molecule has 2 heterocycles. The number of ether oxygens (including phenoxy) is 3. The van der Waals surface area contributed by atoms with Gasteiger partial charge in [0.1, 0.15) is 22.1 Å². The van der Waals surface area contributed by atoms with Gasteiger partial charge in [-0.25, -0.2) is 8.42 Å². The largest absolute Gasteiger partial charge is 0.497 e. The lowest BCUT2D eigenvalue weighted by molar-refractivity contribution is -0.136. The summed E-state index contributed by atoms with van der Waals surface area (Å²) in [5, 5.41) is 0. The number of nitrogens with zero attached hydrogens (tertiary/aromatic N) is 2. The number of carbonyl (C=O) groups excluding carboxylic acids is 1. The van der Waals surface area contributed by atoms with Crippen molar-refractivity contribution in [1.29, 1.82) is 0 Å². The number of methoxy groups -OCH3 is 2. The predicted molar refractivity (Wildman–Crippen MR) is 137 cm³/mol. The van der Waals surface area contributed by atoms with Crippen LogP contribution in [0.1, 0.15) is 38.5 Å². The van der Waals surface area contributed by atoms with Crippen LogP contribution in [0.2, 0.25) is 0 Å². The van der Waals surface area contributed by atoms with Gasteiger partial charge in [-0.05, 0) is 56.4 Å². The number of piperidine rings is 2. The molecular weight excluding hydrogens is 480 g/mol. The summed E-state index contributed by atoms with van der Waals surface area (Å²) >= 11 is 0. The summed E-state index contributed by atoms with van der Waals surface area (Å²) < 4.78 is 46.0. The summed E-state index contributed by atoms with van der Waals surface area (Å²) in [6.07, 6.45) is 4.75. The van der Waals surface area contributed by atoms with E-state index in [0.29, 0.717) is 30.9 Å². The van der Waals surface area contributed by atoms with E-state index in [9.17, 15) is 13.2 Å². The quantitative estimate of drug-likeness (QED) is 0.502. The molecule has 0 bridgehead atoms. The van der Waals surface area contributed by atoms with Gasteiger partial charge in [0.15, 0.2) is 0 Å². The molecule has 0 N–H and O–H groups in total. The highest BCUT2D eigenvalue weighted by atomic mass is 32.2. The van der Waals surface area contributed by atoms with E-state index in [0.717, 1.165) is 32.4 Å². The van der Waals surface area contributed by atoms with E-state index in [4.69, 9.17) is 14.2 Å². The Morgan fingerprint density at radius 3 is 2.36 bits per heavy atom. The van der Waals surface area contributed by atoms with E-state index in [1.807, 2.05) is 35.2 Å². The summed E-state index contributed by atoms with van der Waals surface area (Å²) in [4.78, 5) is 15.3. The lowest BCUT2D eigenvalue weighted by atomic mass is 9.78. The van der Waals surface area contributed by atoms with E-state index < -0.39 is 15.4 Å². The second-order valence-corrected chi connectivity index (χ2v) is 11.6. The van der Waals surface area contributed by atoms with Gasteiger partial charge >= 0.3 is 0 Å². The first-order chi connectivity index (χ1) is 17.4. The van der Waals surface area contributed by atoms with Crippen LogP contribution in [0.5, 0.6) is 17.2 Å². The standard InChI is InChI=1S/C27H36N2O6S/c1-33-23-12-13-24(34-2)25(18-23)36(31,32)29-17-9-14-27(20-29,21-35-22-10-5-3-6-11-22)19-26(30)28-15-7-4-8-16-28/h3,5-6,10-13,18H,4,7-9,14-17,19-21H2,1-2H3/t27-/m1/s1. The second-order valence-electron chi connectivity index (χ2n) is 9.68. The summed E-state index contributed by atoms with van der Waals surface area (Å²) in [7, 11) is -0.956. The highest BCUT2D eigenvalue weighted by Gasteiger charge is 2.44. The lowest BCUT2D eigenvalue weighted by Crippen LogP contribution is -2.51. The summed E-state index contributed by atoms with van der Waals surface area (Å²) in [5.41, 5.74) is -0.637. The summed E-state index contributed by atoms with van der Waals surface area (Å²) in [5.74, 6) is 1.48. The van der Waals surface area contributed by atoms with Crippen LogP contribution in [0.4, 0.5) is 0 Å². The Morgan fingerprint density at radius 2 is 1.67 bits per heavy atom. The molecule has 36 heavy (non-hydrogen) atoms. The monoisotopic (exact) mass is 516 g/mol. The van der Waals surface area contributed by atoms with Gasteiger partial charge < -0.3 is 19.1 Å². The molecule has 0 spiro atoms. The van der Waals surface area contributed by atoms with Gasteiger partial charge in [0, 0.05) is 44.1 Å². The zero-order valence-corrected chi connectivity index (χ0v) is 22.0. The maximum Gasteiger partial charge on any atom is 0.246 e. The normalized spacial score (nSPS) is 21.1. The molecule has 1 atom stereocenters. The van der Waals surface area contributed by atoms with Gasteiger partial charge in [-0.1, -0.05) is 18.2 Å². The molecule has 2 saturated heterocycles. The molecule has 2 fully saturated rings. The molecule has 4 rings (SSSR count). The molecule has 2 aliphatic heterocycles. The first-order valence-electron chi connectivity index (χ1n) is 12.5. The molecule has 0 saturated carbocycles. The Labute approximate surface area is 214 Å². The number of para-hydroxylation sites is 1. The van der Waals surface area contributed by atoms with Crippen molar-refractivity contribution >= 4 is 15.9 Å². The van der Waals surface area contributed by atoms with E-state index in [1.165, 1.54) is 24.6 Å². The predicted octanol–water partition coefficient (Wildman–Crippen LogP) is 3.96. The fourth-order valence-corrected chi connectivity index (χ4v) is 6.90. The van der Waals surface area contributed by atoms with Gasteiger partial charge in [-0.3, -0.25) is 4.79 Å². The van der Waals surface area contributed by atoms with Gasteiger partial charge in [0.25, 0.3) is 0 Å². The average Bonchev–Trinajstić information content (AvgIpc) is 2.92. The molecule has 2 aromatic rings. The molecule has 0 aliphatic carbocycles. The first-order valence-corrected chi connectivity index (χ1v) is 14.0. The van der Waals surface area contributed by atoms with Gasteiger partial charge in [0.2, 0.25) is 15.9 Å². The minimum absolute atomic E-state index is 0.0616. The minimum atomic E-state index is -3.90. The number of sulfonamides is 1. The van der Waals surface area contributed by atoms with Crippen molar-refractivity contribution in [2.75, 3.05) is 47.0 Å². The molecule has 2 aliphatic rings. The molecular formula is C27H36N2O6S. The van der Waals surface area contributed by atoms with Crippen LogP contribution in [-0.4, -0.2) is 70.5 Å². The van der Waals surface area contributed by atoms with Crippen LogP contribution in [-0.2, 0) is 14.8 Å². The zero-order chi connectivity index (χ0) is 25.6. The number of carbonyl (C=O) groups is 1. The van der Waals surface area contributed by atoms with Crippen molar-refractivity contribution in [2.45, 2.75) is 43.4 Å². The fraction of sp³-hybridized carbons (Fsp3) is 0.519. The third kappa shape index (κ3) is 5.95. The van der Waals surface area contributed by atoms with Crippen LogP contribution in [0.15, 0.2) is 53.4 Å². The average molecular weight is 517 g/mol. The van der Waals surface area contributed by atoms with Gasteiger partial charge in [0.05, 0.1) is 20.8 Å². The molecule has 2 aromatic carbocycles. The maximum absolute atomic E-state index is 13.8. The Balaban J connectivity index is 1.62. The van der Waals surface area contributed by atoms with Crippen molar-refractivity contribution in [1.82, 2.24) is 9.21 Å². The Morgan fingerprint density at radius 1 is 0.917 bits per heavy atom. The van der Waals surface area contributed by atoms with E-state index >= 15 is 0 Å². The van der Waals surface area contributed by atoms with Crippen molar-refractivity contribution in [3.8, 4) is 17.2 Å². The molecule has 1 amide bonds. The van der Waals surface area contributed by atoms with Gasteiger partial charge in [-0.2, -0.15) is 4.31 Å². The SMILES string of the molecule is COc1ccc(OC)c(S(=O)(=O)N2CCC[C@@](COc3ccccc3)(CC(=O)N3CCCCC3)C2)c1. The molecule has 9 heteroatoms. The van der Waals surface area contributed by atoms with Crippen molar-refractivity contribution in [2.24, 2.45) is 5.41 Å². The van der Waals surface area contributed by atoms with Crippen LogP contribution in [0, 0.1) is 5.41 Å². The molecule has 8 nitrogen and oxygen atoms in total. The molecule has 0 radical (unpaired) electrons. The third-order valence-electron chi connectivity index (χ3n) is 7.14. The smallest absolute Gasteiger partial charge is 0.246 e. The first kappa shape index (κ1) is 26.3. The molecule has 0 unspecified atom stereocenters. The lowest BCUT2D eigenvalue weighted by Gasteiger charge is -2.42. The van der Waals surface area contributed by atoms with Crippen LogP contribution in [0.25, 0.3) is 0 Å². The number of rotatable bonds is 9. The van der Waals surface area contributed by atoms with Crippen LogP contribution < -0.4 is 14.2 Å². The van der Waals surface area contributed by atoms with Crippen molar-refractivity contribution in [3.63, 3.8) is 0 Å². The molecule has 0 aromatic heterocycles. The van der Waals surface area contributed by atoms with Crippen molar-refractivity contribution in [3.05, 3.63) is 48.5 Å². The summed E-state index contributed by atoms with van der Waals surface area (Å²) in [6, 6.07) is 14.2. The Kier molecular flexibility index (Phi) is 8.41. The van der Waals surface area contributed by atoms with Crippen molar-refractivity contribution < 1.29 is 27.4 Å². The highest BCUT2D eigenvalue weighted by molar-refractivity contribution is 7.89. The van der Waals surface area contributed by atoms with Crippen LogP contribution >= 0.6 is 0 Å². The Bertz CT molecular complexity index is 1130. The van der Waals surface area contributed by atoms with Gasteiger partial charge in [-0.15, -0.1) is 0 Å². The number of hydrogen-bond acceptors (Lipinski definition) is 6. The fourth-order valence-electron chi connectivity index (χ4n) is 5.13. The summed E-state index contributed by atoms with van der Waals surface area (Å²) in [6.45, 7) is 2.35. The van der Waals surface area contributed by atoms with E-state index in [-0.39, 0.29) is 36.1 Å². The topological polar surface area (TPSA) is 85.4 Å². The molecule has 196 valence electrons. The van der Waals surface area contributed by atoms with E-state index in [2.05, 4.69) is 0 Å². The minimum Gasteiger partial charge on any atom is -0.497 e. The number of benzene rings is 2. The third-order valence-corrected chi connectivity index (χ3v) is 9.00. The number of amides is 1. The zero-order valence-electron chi connectivity index (χ0n) is 21.1. The van der Waals surface area contributed by atoms with E-state index in [1.54, 1.807) is 12.1 Å².